The zero-order valence-electron chi connectivity index (χ0n) is 12.7. The molecule has 3 heterocycles. The van der Waals surface area contributed by atoms with Gasteiger partial charge in [-0.2, -0.15) is 0 Å². The van der Waals surface area contributed by atoms with Gasteiger partial charge in [-0.15, -0.1) is 0 Å². The van der Waals surface area contributed by atoms with Gasteiger partial charge in [-0.05, 0) is 24.6 Å². The van der Waals surface area contributed by atoms with Crippen molar-refractivity contribution in [2.75, 3.05) is 31.2 Å². The van der Waals surface area contributed by atoms with Crippen LogP contribution in [0.3, 0.4) is 0 Å². The number of morpholine rings is 1. The Morgan fingerprint density at radius 2 is 2.18 bits per heavy atom. The highest BCUT2D eigenvalue weighted by atomic mass is 16.5. The largest absolute Gasteiger partial charge is 0.378 e. The van der Waals surface area contributed by atoms with E-state index in [0.717, 1.165) is 54.6 Å². The van der Waals surface area contributed by atoms with E-state index in [4.69, 9.17) is 9.72 Å². The zero-order valence-corrected chi connectivity index (χ0v) is 12.7. The summed E-state index contributed by atoms with van der Waals surface area (Å²) >= 11 is 0. The summed E-state index contributed by atoms with van der Waals surface area (Å²) in [5.74, 6) is 0.888. The second-order valence-electron chi connectivity index (χ2n) is 5.22. The molecule has 1 aliphatic heterocycles. The first kappa shape index (κ1) is 14.5. The predicted octanol–water partition coefficient (Wildman–Crippen LogP) is 2.68. The summed E-state index contributed by atoms with van der Waals surface area (Å²) in [5.41, 5.74) is 4.05. The Hall–Kier alpha value is -2.40. The molecule has 3 rings (SSSR count). The summed E-state index contributed by atoms with van der Waals surface area (Å²) in [6, 6.07) is 2.04. The van der Waals surface area contributed by atoms with Crippen LogP contribution in [-0.4, -0.2) is 41.3 Å². The summed E-state index contributed by atoms with van der Waals surface area (Å²) in [5, 5.41) is 0. The Kier molecular flexibility index (Phi) is 4.34. The van der Waals surface area contributed by atoms with E-state index < -0.39 is 0 Å². The minimum absolute atomic E-state index is 0.735. The summed E-state index contributed by atoms with van der Waals surface area (Å²) in [7, 11) is 0. The van der Waals surface area contributed by atoms with Crippen molar-refractivity contribution in [3.05, 3.63) is 54.3 Å². The number of hydrogen-bond acceptors (Lipinski definition) is 4. The lowest BCUT2D eigenvalue weighted by Gasteiger charge is -2.27. The van der Waals surface area contributed by atoms with Crippen LogP contribution in [-0.2, 0) is 4.74 Å². The molecule has 1 N–H and O–H groups in total. The van der Waals surface area contributed by atoms with Crippen molar-refractivity contribution in [2.24, 2.45) is 0 Å². The molecule has 0 radical (unpaired) electrons. The minimum Gasteiger partial charge on any atom is -0.378 e. The average Bonchev–Trinajstić information content (AvgIpc) is 2.98. The Labute approximate surface area is 130 Å². The molecule has 114 valence electrons. The average molecular weight is 296 g/mol. The number of nitrogens with one attached hydrogen (secondary N) is 1. The predicted molar refractivity (Wildman–Crippen MR) is 88.7 cm³/mol. The third-order valence-electron chi connectivity index (χ3n) is 3.78. The standard InChI is InChI=1S/C17H20N4O/c1-3-14(10-15-4-5-19-13(15)2)16-11-18-12-17(20-16)21-6-8-22-9-7-21/h3-5,10-12,19H,1,6-9H2,2H3/b14-10+. The highest BCUT2D eigenvalue weighted by molar-refractivity contribution is 5.86. The van der Waals surface area contributed by atoms with Crippen LogP contribution >= 0.6 is 0 Å². The van der Waals surface area contributed by atoms with Gasteiger partial charge in [0, 0.05) is 30.6 Å². The second kappa shape index (κ2) is 6.58. The van der Waals surface area contributed by atoms with Gasteiger partial charge in [0.15, 0.2) is 0 Å². The number of aromatic nitrogens is 3. The molecule has 1 aliphatic rings. The summed E-state index contributed by atoms with van der Waals surface area (Å²) in [4.78, 5) is 14.4. The number of aromatic amines is 1. The quantitative estimate of drug-likeness (QED) is 0.881. The monoisotopic (exact) mass is 296 g/mol. The van der Waals surface area contributed by atoms with Crippen molar-refractivity contribution in [3.63, 3.8) is 0 Å². The number of anilines is 1. The number of ether oxygens (including phenoxy) is 1. The topological polar surface area (TPSA) is 54.0 Å². The number of allylic oxidation sites excluding steroid dienone is 2. The van der Waals surface area contributed by atoms with Crippen LogP contribution in [0.4, 0.5) is 5.82 Å². The van der Waals surface area contributed by atoms with Crippen molar-refractivity contribution in [2.45, 2.75) is 6.92 Å². The fourth-order valence-corrected chi connectivity index (χ4v) is 2.47. The van der Waals surface area contributed by atoms with Gasteiger partial charge in [-0.1, -0.05) is 12.7 Å². The highest BCUT2D eigenvalue weighted by Crippen LogP contribution is 2.21. The zero-order chi connectivity index (χ0) is 15.4. The number of nitrogens with zero attached hydrogens (tertiary/aromatic N) is 3. The number of H-pyrrole nitrogens is 1. The second-order valence-corrected chi connectivity index (χ2v) is 5.22. The third-order valence-corrected chi connectivity index (χ3v) is 3.78. The maximum atomic E-state index is 5.38. The SMILES string of the molecule is C=C/C(=C\c1cc[nH]c1C)c1cncc(N2CCOCC2)n1. The van der Waals surface area contributed by atoms with Crippen LogP contribution < -0.4 is 4.90 Å². The number of aryl methyl sites for hydroxylation is 1. The van der Waals surface area contributed by atoms with Crippen LogP contribution in [0.15, 0.2) is 37.3 Å². The van der Waals surface area contributed by atoms with Crippen molar-refractivity contribution >= 4 is 17.5 Å². The lowest BCUT2D eigenvalue weighted by molar-refractivity contribution is 0.122. The number of hydrogen-bond donors (Lipinski definition) is 1. The van der Waals surface area contributed by atoms with Gasteiger partial charge < -0.3 is 14.6 Å². The van der Waals surface area contributed by atoms with E-state index in [1.807, 2.05) is 25.3 Å². The Balaban J connectivity index is 1.91. The molecule has 0 bridgehead atoms. The van der Waals surface area contributed by atoms with Crippen molar-refractivity contribution in [1.82, 2.24) is 15.0 Å². The molecule has 0 aromatic carbocycles. The van der Waals surface area contributed by atoms with Gasteiger partial charge in [0.1, 0.15) is 5.82 Å². The molecule has 2 aromatic rings. The molecule has 2 aromatic heterocycles. The minimum atomic E-state index is 0.735. The van der Waals surface area contributed by atoms with E-state index in [9.17, 15) is 0 Å². The summed E-state index contributed by atoms with van der Waals surface area (Å²) < 4.78 is 5.38. The first-order valence-electron chi connectivity index (χ1n) is 7.41. The lowest BCUT2D eigenvalue weighted by atomic mass is 10.1. The van der Waals surface area contributed by atoms with Crippen LogP contribution in [0.5, 0.6) is 0 Å². The molecule has 1 saturated heterocycles. The van der Waals surface area contributed by atoms with Gasteiger partial charge in [0.2, 0.25) is 0 Å². The summed E-state index contributed by atoms with van der Waals surface area (Å²) in [6.07, 6.45) is 9.40. The Morgan fingerprint density at radius 3 is 2.86 bits per heavy atom. The Morgan fingerprint density at radius 1 is 1.36 bits per heavy atom. The molecule has 0 saturated carbocycles. The van der Waals surface area contributed by atoms with Crippen LogP contribution in [0.2, 0.25) is 0 Å². The molecule has 0 aliphatic carbocycles. The first-order valence-corrected chi connectivity index (χ1v) is 7.41. The molecule has 0 spiro atoms. The summed E-state index contributed by atoms with van der Waals surface area (Å²) in [6.45, 7) is 9.12. The van der Waals surface area contributed by atoms with Gasteiger partial charge in [-0.25, -0.2) is 4.98 Å². The molecule has 1 fully saturated rings. The molecule has 0 atom stereocenters. The maximum absolute atomic E-state index is 5.38. The molecule has 5 heteroatoms. The molecule has 0 unspecified atom stereocenters. The van der Waals surface area contributed by atoms with Crippen molar-refractivity contribution < 1.29 is 4.74 Å². The van der Waals surface area contributed by atoms with Gasteiger partial charge in [0.05, 0.1) is 31.3 Å². The first-order chi connectivity index (χ1) is 10.8. The van der Waals surface area contributed by atoms with E-state index in [-0.39, 0.29) is 0 Å². The van der Waals surface area contributed by atoms with Crippen LogP contribution in [0.25, 0.3) is 11.6 Å². The van der Waals surface area contributed by atoms with E-state index in [2.05, 4.69) is 27.5 Å². The normalized spacial score (nSPS) is 15.9. The number of rotatable bonds is 4. The highest BCUT2D eigenvalue weighted by Gasteiger charge is 2.13. The maximum Gasteiger partial charge on any atom is 0.147 e. The van der Waals surface area contributed by atoms with E-state index in [0.29, 0.717) is 0 Å². The van der Waals surface area contributed by atoms with E-state index in [1.165, 1.54) is 0 Å². The molecule has 0 amide bonds. The van der Waals surface area contributed by atoms with E-state index >= 15 is 0 Å². The molecular weight excluding hydrogens is 276 g/mol. The van der Waals surface area contributed by atoms with Crippen LogP contribution in [0.1, 0.15) is 17.0 Å². The van der Waals surface area contributed by atoms with Crippen molar-refractivity contribution in [1.29, 1.82) is 0 Å². The van der Waals surface area contributed by atoms with Gasteiger partial charge >= 0.3 is 0 Å². The fraction of sp³-hybridized carbons (Fsp3) is 0.294. The van der Waals surface area contributed by atoms with E-state index in [1.54, 1.807) is 12.4 Å². The molecule has 5 nitrogen and oxygen atoms in total. The third kappa shape index (κ3) is 3.09. The molecule has 22 heavy (non-hydrogen) atoms. The van der Waals surface area contributed by atoms with Crippen molar-refractivity contribution in [3.8, 4) is 0 Å². The molecular formula is C17H20N4O. The lowest BCUT2D eigenvalue weighted by Crippen LogP contribution is -2.36. The van der Waals surface area contributed by atoms with Gasteiger partial charge in [0.25, 0.3) is 0 Å². The Bertz CT molecular complexity index is 683. The van der Waals surface area contributed by atoms with Gasteiger partial charge in [-0.3, -0.25) is 4.98 Å². The fourth-order valence-electron chi connectivity index (χ4n) is 2.47. The van der Waals surface area contributed by atoms with Crippen LogP contribution in [0, 0.1) is 6.92 Å². The smallest absolute Gasteiger partial charge is 0.147 e.